The largest absolute Gasteiger partial charge is 0.290 e. The summed E-state index contributed by atoms with van der Waals surface area (Å²) in [5.74, 6) is -0.700. The number of benzene rings is 1. The molecule has 1 amide bonds. The first-order chi connectivity index (χ1) is 9.90. The van der Waals surface area contributed by atoms with E-state index in [0.717, 1.165) is 0 Å². The summed E-state index contributed by atoms with van der Waals surface area (Å²) in [6.45, 7) is 3.37. The fourth-order valence-electron chi connectivity index (χ4n) is 1.83. The number of hydrogen-bond donors (Lipinski definition) is 0. The van der Waals surface area contributed by atoms with Gasteiger partial charge in [0.05, 0.1) is 10.6 Å². The Balaban J connectivity index is 2.36. The minimum Gasteiger partial charge on any atom is -0.290 e. The molecule has 0 aliphatic heterocycles. The van der Waals surface area contributed by atoms with Crippen molar-refractivity contribution in [1.82, 2.24) is 0 Å². The Bertz CT molecular complexity index is 742. The molecule has 1 aromatic carbocycles. The summed E-state index contributed by atoms with van der Waals surface area (Å²) < 4.78 is 0. The van der Waals surface area contributed by atoms with Gasteiger partial charge in [-0.25, -0.2) is 4.99 Å². The third kappa shape index (κ3) is 3.00. The molecule has 0 fully saturated rings. The van der Waals surface area contributed by atoms with E-state index in [4.69, 9.17) is 0 Å². The summed E-state index contributed by atoms with van der Waals surface area (Å²) in [7, 11) is 0. The molecule has 0 N–H and O–H groups in total. The molecule has 0 saturated heterocycles. The van der Waals surface area contributed by atoms with Gasteiger partial charge in [-0.1, -0.05) is 6.07 Å². The number of ketones is 1. The molecule has 21 heavy (non-hydrogen) atoms. The molecule has 106 valence electrons. The van der Waals surface area contributed by atoms with Crippen LogP contribution in [-0.4, -0.2) is 22.3 Å². The van der Waals surface area contributed by atoms with E-state index in [9.17, 15) is 19.7 Å². The molecule has 0 atom stereocenters. The lowest BCUT2D eigenvalue weighted by Crippen LogP contribution is -2.12. The van der Waals surface area contributed by atoms with Gasteiger partial charge in [0, 0.05) is 23.3 Å². The maximum absolute atomic E-state index is 12.1. The predicted molar refractivity (Wildman–Crippen MR) is 77.4 cm³/mol. The summed E-state index contributed by atoms with van der Waals surface area (Å²) in [4.78, 5) is 37.6. The van der Waals surface area contributed by atoms with E-state index < -0.39 is 10.8 Å². The molecule has 0 unspecified atom stereocenters. The van der Waals surface area contributed by atoms with E-state index in [1.807, 2.05) is 0 Å². The molecule has 6 heteroatoms. The second-order valence-corrected chi connectivity index (χ2v) is 4.56. The highest BCUT2D eigenvalue weighted by Gasteiger charge is 2.16. The van der Waals surface area contributed by atoms with Crippen molar-refractivity contribution in [1.29, 1.82) is 0 Å². The minimum atomic E-state index is -0.583. The molecular weight excluding hydrogens is 272 g/mol. The lowest BCUT2D eigenvalue weighted by Gasteiger charge is -2.10. The Kier molecular flexibility index (Phi) is 3.89. The smallest absolute Gasteiger partial charge is 0.277 e. The summed E-state index contributed by atoms with van der Waals surface area (Å²) >= 11 is 0. The fourth-order valence-corrected chi connectivity index (χ4v) is 1.83. The highest BCUT2D eigenvalue weighted by molar-refractivity contribution is 6.24. The summed E-state index contributed by atoms with van der Waals surface area (Å²) in [5, 5.41) is 10.7. The van der Waals surface area contributed by atoms with Crippen molar-refractivity contribution in [3.63, 3.8) is 0 Å². The Hall–Kier alpha value is -2.89. The van der Waals surface area contributed by atoms with Crippen LogP contribution in [0.2, 0.25) is 0 Å². The van der Waals surface area contributed by atoms with E-state index in [2.05, 4.69) is 4.99 Å². The van der Waals surface area contributed by atoms with Crippen molar-refractivity contribution in [2.24, 2.45) is 4.99 Å². The zero-order valence-electron chi connectivity index (χ0n) is 11.5. The van der Waals surface area contributed by atoms with Gasteiger partial charge in [-0.05, 0) is 37.6 Å². The number of aliphatic imine (C=N–C) groups is 1. The summed E-state index contributed by atoms with van der Waals surface area (Å²) in [6, 6.07) is 5.37. The van der Waals surface area contributed by atoms with Crippen LogP contribution in [0.1, 0.15) is 24.2 Å². The molecule has 0 saturated carbocycles. The van der Waals surface area contributed by atoms with Crippen LogP contribution in [0.4, 0.5) is 5.69 Å². The molecule has 2 rings (SSSR count). The Morgan fingerprint density at radius 1 is 1.19 bits per heavy atom. The van der Waals surface area contributed by atoms with E-state index in [-0.39, 0.29) is 17.0 Å². The third-order valence-corrected chi connectivity index (χ3v) is 3.23. The van der Waals surface area contributed by atoms with Crippen molar-refractivity contribution in [3.8, 4) is 0 Å². The number of carbonyl (C=O) groups excluding carboxylic acids is 2. The van der Waals surface area contributed by atoms with E-state index >= 15 is 0 Å². The minimum absolute atomic E-state index is 0.116. The standard InChI is InChI=1S/C15H12N2O4/c1-9-10(2)14(18)7-6-13(9)16-15(19)11-4-3-5-12(8-11)17(20)21/h3-8H,1-2H3. The van der Waals surface area contributed by atoms with Crippen LogP contribution in [0, 0.1) is 10.1 Å². The van der Waals surface area contributed by atoms with Crippen molar-refractivity contribution in [3.05, 3.63) is 63.2 Å². The van der Waals surface area contributed by atoms with E-state index in [0.29, 0.717) is 16.9 Å². The molecule has 0 spiro atoms. The Morgan fingerprint density at radius 3 is 2.57 bits per heavy atom. The average Bonchev–Trinajstić information content (AvgIpc) is 2.48. The van der Waals surface area contributed by atoms with Gasteiger partial charge in [-0.2, -0.15) is 0 Å². The Morgan fingerprint density at radius 2 is 1.90 bits per heavy atom. The SMILES string of the molecule is CC1=C(C)C(=NC(=O)c2cccc([N+](=O)[O-])c2)C=CC1=O. The molecule has 0 aromatic heterocycles. The number of rotatable bonds is 2. The number of nitro groups is 1. The van der Waals surface area contributed by atoms with Gasteiger partial charge >= 0.3 is 0 Å². The normalized spacial score (nSPS) is 16.5. The first-order valence-electron chi connectivity index (χ1n) is 6.18. The lowest BCUT2D eigenvalue weighted by atomic mass is 9.97. The van der Waals surface area contributed by atoms with Crippen LogP contribution in [0.15, 0.2) is 52.6 Å². The van der Waals surface area contributed by atoms with Crippen molar-refractivity contribution >= 4 is 23.1 Å². The maximum Gasteiger partial charge on any atom is 0.277 e. The first kappa shape index (κ1) is 14.5. The number of allylic oxidation sites excluding steroid dienone is 4. The molecule has 0 radical (unpaired) electrons. The number of amides is 1. The maximum atomic E-state index is 12.1. The molecule has 0 heterocycles. The van der Waals surface area contributed by atoms with Crippen LogP contribution in [0.5, 0.6) is 0 Å². The zero-order chi connectivity index (χ0) is 15.6. The topological polar surface area (TPSA) is 89.6 Å². The highest BCUT2D eigenvalue weighted by Crippen LogP contribution is 2.17. The number of non-ortho nitro benzene ring substituents is 1. The lowest BCUT2D eigenvalue weighted by molar-refractivity contribution is -0.384. The van der Waals surface area contributed by atoms with E-state index in [1.54, 1.807) is 13.8 Å². The second-order valence-electron chi connectivity index (χ2n) is 4.56. The van der Waals surface area contributed by atoms with Gasteiger partial charge in [0.15, 0.2) is 5.78 Å². The average molecular weight is 284 g/mol. The zero-order valence-corrected chi connectivity index (χ0v) is 11.5. The van der Waals surface area contributed by atoms with Gasteiger partial charge in [-0.3, -0.25) is 19.7 Å². The predicted octanol–water partition coefficient (Wildman–Crippen LogP) is 2.65. The van der Waals surface area contributed by atoms with Gasteiger partial charge in [0.1, 0.15) is 0 Å². The quantitative estimate of drug-likeness (QED) is 0.474. The number of nitro benzene ring substituents is 1. The van der Waals surface area contributed by atoms with Crippen LogP contribution in [0.3, 0.4) is 0 Å². The molecular formula is C15H12N2O4. The Labute approximate surface area is 120 Å². The first-order valence-corrected chi connectivity index (χ1v) is 6.18. The summed E-state index contributed by atoms with van der Waals surface area (Å²) in [6.07, 6.45) is 2.82. The summed E-state index contributed by atoms with van der Waals surface area (Å²) in [5.41, 5.74) is 1.51. The van der Waals surface area contributed by atoms with Gasteiger partial charge < -0.3 is 0 Å². The van der Waals surface area contributed by atoms with Crippen LogP contribution < -0.4 is 0 Å². The van der Waals surface area contributed by atoms with Crippen molar-refractivity contribution < 1.29 is 14.5 Å². The molecule has 1 aromatic rings. The van der Waals surface area contributed by atoms with Gasteiger partial charge in [-0.15, -0.1) is 0 Å². The number of carbonyl (C=O) groups is 2. The fraction of sp³-hybridized carbons (Fsp3) is 0.133. The van der Waals surface area contributed by atoms with Crippen LogP contribution >= 0.6 is 0 Å². The van der Waals surface area contributed by atoms with Crippen LogP contribution in [0.25, 0.3) is 0 Å². The van der Waals surface area contributed by atoms with Crippen molar-refractivity contribution in [2.45, 2.75) is 13.8 Å². The van der Waals surface area contributed by atoms with E-state index in [1.165, 1.54) is 36.4 Å². The number of hydrogen-bond acceptors (Lipinski definition) is 4. The third-order valence-electron chi connectivity index (χ3n) is 3.23. The second kappa shape index (κ2) is 5.62. The highest BCUT2D eigenvalue weighted by atomic mass is 16.6. The molecule has 1 aliphatic carbocycles. The van der Waals surface area contributed by atoms with Crippen LogP contribution in [-0.2, 0) is 4.79 Å². The van der Waals surface area contributed by atoms with Crippen molar-refractivity contribution in [2.75, 3.05) is 0 Å². The van der Waals surface area contributed by atoms with Gasteiger partial charge in [0.25, 0.3) is 11.6 Å². The monoisotopic (exact) mass is 284 g/mol. The molecule has 0 bridgehead atoms. The molecule has 1 aliphatic rings. The number of nitrogens with zero attached hydrogens (tertiary/aromatic N) is 2. The van der Waals surface area contributed by atoms with Gasteiger partial charge in [0.2, 0.25) is 0 Å². The molecule has 6 nitrogen and oxygen atoms in total.